The first-order valence-electron chi connectivity index (χ1n) is 9.66. The van der Waals surface area contributed by atoms with Crippen LogP contribution in [0.15, 0.2) is 30.5 Å². The number of likely N-dealkylation sites (tertiary alicyclic amines) is 1. The average molecular weight is 371 g/mol. The molecule has 6 nitrogen and oxygen atoms in total. The van der Waals surface area contributed by atoms with Gasteiger partial charge in [0.15, 0.2) is 0 Å². The second kappa shape index (κ2) is 9.04. The Labute approximate surface area is 160 Å². The summed E-state index contributed by atoms with van der Waals surface area (Å²) in [5.74, 6) is 2.46. The van der Waals surface area contributed by atoms with E-state index < -0.39 is 0 Å². The van der Waals surface area contributed by atoms with Gasteiger partial charge < -0.3 is 19.3 Å². The predicted molar refractivity (Wildman–Crippen MR) is 104 cm³/mol. The number of hydrogen-bond donors (Lipinski definition) is 1. The van der Waals surface area contributed by atoms with Crippen molar-refractivity contribution >= 4 is 5.91 Å². The van der Waals surface area contributed by atoms with Crippen LogP contribution in [0.25, 0.3) is 0 Å². The minimum Gasteiger partial charge on any atom is -0.497 e. The van der Waals surface area contributed by atoms with E-state index in [1.807, 2.05) is 42.3 Å². The number of imidazole rings is 1. The standard InChI is InChI=1S/C21H29N3O3/c1-16-15-22-21(24(16)13-14-25)18-9-11-23(12-10-18)20(26)8-5-17-3-6-19(27-2)7-4-17/h3-4,6-7,15,18,25H,5,8-14H2,1-2H3. The molecule has 0 unspecified atom stereocenters. The number of rotatable bonds is 7. The molecule has 3 rings (SSSR count). The predicted octanol–water partition coefficient (Wildman–Crippen LogP) is 2.53. The van der Waals surface area contributed by atoms with Gasteiger partial charge in [-0.15, -0.1) is 0 Å². The minimum absolute atomic E-state index is 0.118. The number of ether oxygens (including phenoxy) is 1. The first kappa shape index (κ1) is 19.4. The molecule has 1 aliphatic heterocycles. The molecule has 0 aliphatic carbocycles. The fourth-order valence-corrected chi connectivity index (χ4v) is 3.78. The molecule has 27 heavy (non-hydrogen) atoms. The maximum atomic E-state index is 12.6. The Hall–Kier alpha value is -2.34. The van der Waals surface area contributed by atoms with Crippen LogP contribution in [0, 0.1) is 6.92 Å². The number of aliphatic hydroxyl groups is 1. The molecule has 1 amide bonds. The van der Waals surface area contributed by atoms with E-state index in [1.165, 1.54) is 0 Å². The van der Waals surface area contributed by atoms with Crippen LogP contribution in [0.5, 0.6) is 5.75 Å². The van der Waals surface area contributed by atoms with Crippen molar-refractivity contribution in [3.05, 3.63) is 47.5 Å². The summed E-state index contributed by atoms with van der Waals surface area (Å²) in [6, 6.07) is 7.90. The topological polar surface area (TPSA) is 67.6 Å². The van der Waals surface area contributed by atoms with Crippen LogP contribution in [0.2, 0.25) is 0 Å². The first-order chi connectivity index (χ1) is 13.1. The number of carbonyl (C=O) groups excluding carboxylic acids is 1. The monoisotopic (exact) mass is 371 g/mol. The molecule has 1 N–H and O–H groups in total. The summed E-state index contributed by atoms with van der Waals surface area (Å²) < 4.78 is 7.27. The van der Waals surface area contributed by atoms with Gasteiger partial charge in [-0.25, -0.2) is 4.98 Å². The highest BCUT2D eigenvalue weighted by Crippen LogP contribution is 2.28. The van der Waals surface area contributed by atoms with Crippen molar-refractivity contribution in [3.63, 3.8) is 0 Å². The summed E-state index contributed by atoms with van der Waals surface area (Å²) >= 11 is 0. The number of benzene rings is 1. The number of methoxy groups -OCH3 is 1. The lowest BCUT2D eigenvalue weighted by atomic mass is 9.95. The summed E-state index contributed by atoms with van der Waals surface area (Å²) in [5.41, 5.74) is 2.23. The van der Waals surface area contributed by atoms with Gasteiger partial charge in [0.1, 0.15) is 11.6 Å². The van der Waals surface area contributed by atoms with E-state index in [4.69, 9.17) is 4.74 Å². The van der Waals surface area contributed by atoms with Crippen molar-refractivity contribution in [2.24, 2.45) is 0 Å². The van der Waals surface area contributed by atoms with Crippen LogP contribution in [-0.4, -0.2) is 52.3 Å². The zero-order valence-electron chi connectivity index (χ0n) is 16.2. The molecule has 1 saturated heterocycles. The van der Waals surface area contributed by atoms with Crippen molar-refractivity contribution in [3.8, 4) is 5.75 Å². The van der Waals surface area contributed by atoms with Crippen LogP contribution in [0.1, 0.15) is 42.3 Å². The summed E-state index contributed by atoms with van der Waals surface area (Å²) in [7, 11) is 1.65. The summed E-state index contributed by atoms with van der Waals surface area (Å²) in [5, 5.41) is 9.27. The van der Waals surface area contributed by atoms with E-state index in [-0.39, 0.29) is 12.5 Å². The molecule has 1 aromatic carbocycles. The fraction of sp³-hybridized carbons (Fsp3) is 0.524. The quantitative estimate of drug-likeness (QED) is 0.812. The van der Waals surface area contributed by atoms with Crippen molar-refractivity contribution in [1.29, 1.82) is 0 Å². The van der Waals surface area contributed by atoms with Crippen LogP contribution in [0.4, 0.5) is 0 Å². The molecule has 1 fully saturated rings. The Morgan fingerprint density at radius 2 is 1.96 bits per heavy atom. The zero-order valence-corrected chi connectivity index (χ0v) is 16.2. The van der Waals surface area contributed by atoms with E-state index in [0.717, 1.165) is 55.2 Å². The van der Waals surface area contributed by atoms with Gasteiger partial charge in [0.2, 0.25) is 5.91 Å². The average Bonchev–Trinajstić information content (AvgIpc) is 3.07. The largest absolute Gasteiger partial charge is 0.497 e. The van der Waals surface area contributed by atoms with Crippen LogP contribution in [0.3, 0.4) is 0 Å². The molecule has 6 heteroatoms. The molecule has 0 saturated carbocycles. The maximum absolute atomic E-state index is 12.6. The third kappa shape index (κ3) is 4.69. The van der Waals surface area contributed by atoms with Crippen molar-refractivity contribution in [2.75, 3.05) is 26.8 Å². The first-order valence-corrected chi connectivity index (χ1v) is 9.66. The molecule has 2 aromatic rings. The number of aromatic nitrogens is 2. The second-order valence-electron chi connectivity index (χ2n) is 7.14. The van der Waals surface area contributed by atoms with Crippen LogP contribution in [-0.2, 0) is 17.8 Å². The Kier molecular flexibility index (Phi) is 6.50. The summed E-state index contributed by atoms with van der Waals surface area (Å²) in [6.07, 6.45) is 5.02. The molecule has 1 aliphatic rings. The third-order valence-corrected chi connectivity index (χ3v) is 5.41. The normalized spacial score (nSPS) is 15.1. The number of piperidine rings is 1. The molecule has 2 heterocycles. The van der Waals surface area contributed by atoms with E-state index in [1.54, 1.807) is 7.11 Å². The zero-order chi connectivity index (χ0) is 19.2. The van der Waals surface area contributed by atoms with Crippen LogP contribution < -0.4 is 4.74 Å². The highest BCUT2D eigenvalue weighted by molar-refractivity contribution is 5.76. The lowest BCUT2D eigenvalue weighted by molar-refractivity contribution is -0.132. The van der Waals surface area contributed by atoms with Gasteiger partial charge in [-0.1, -0.05) is 12.1 Å². The Balaban J connectivity index is 1.50. The second-order valence-corrected chi connectivity index (χ2v) is 7.14. The van der Waals surface area contributed by atoms with Crippen molar-refractivity contribution in [2.45, 2.75) is 45.1 Å². The number of amides is 1. The van der Waals surface area contributed by atoms with E-state index in [0.29, 0.717) is 18.9 Å². The highest BCUT2D eigenvalue weighted by atomic mass is 16.5. The number of aryl methyl sites for hydroxylation is 2. The van der Waals surface area contributed by atoms with Crippen molar-refractivity contribution < 1.29 is 14.6 Å². The molecular weight excluding hydrogens is 342 g/mol. The van der Waals surface area contributed by atoms with Crippen LogP contribution >= 0.6 is 0 Å². The van der Waals surface area contributed by atoms with E-state index in [9.17, 15) is 9.90 Å². The van der Waals surface area contributed by atoms with Gasteiger partial charge in [-0.2, -0.15) is 0 Å². The lowest BCUT2D eigenvalue weighted by Gasteiger charge is -2.32. The van der Waals surface area contributed by atoms with Gasteiger partial charge in [0.05, 0.1) is 13.7 Å². The van der Waals surface area contributed by atoms with Gasteiger partial charge in [0, 0.05) is 43.9 Å². The third-order valence-electron chi connectivity index (χ3n) is 5.41. The molecule has 1 aromatic heterocycles. The van der Waals surface area contributed by atoms with Gasteiger partial charge in [-0.3, -0.25) is 4.79 Å². The lowest BCUT2D eigenvalue weighted by Crippen LogP contribution is -2.38. The number of aliphatic hydroxyl groups excluding tert-OH is 1. The van der Waals surface area contributed by atoms with Gasteiger partial charge in [-0.05, 0) is 43.9 Å². The smallest absolute Gasteiger partial charge is 0.222 e. The molecule has 146 valence electrons. The summed E-state index contributed by atoms with van der Waals surface area (Å²) in [6.45, 7) is 4.27. The van der Waals surface area contributed by atoms with Gasteiger partial charge >= 0.3 is 0 Å². The molecule has 0 radical (unpaired) electrons. The summed E-state index contributed by atoms with van der Waals surface area (Å²) in [4.78, 5) is 19.1. The Morgan fingerprint density at radius 1 is 1.26 bits per heavy atom. The fourth-order valence-electron chi connectivity index (χ4n) is 3.78. The number of nitrogens with zero attached hydrogens (tertiary/aromatic N) is 3. The minimum atomic E-state index is 0.118. The van der Waals surface area contributed by atoms with Crippen molar-refractivity contribution in [1.82, 2.24) is 14.5 Å². The maximum Gasteiger partial charge on any atom is 0.222 e. The molecule has 0 spiro atoms. The van der Waals surface area contributed by atoms with E-state index >= 15 is 0 Å². The molecule has 0 atom stereocenters. The Morgan fingerprint density at radius 3 is 2.59 bits per heavy atom. The Bertz CT molecular complexity index is 747. The highest BCUT2D eigenvalue weighted by Gasteiger charge is 2.26. The number of carbonyl (C=O) groups is 1. The SMILES string of the molecule is COc1ccc(CCC(=O)N2CCC(c3ncc(C)n3CCO)CC2)cc1. The van der Waals surface area contributed by atoms with Gasteiger partial charge in [0.25, 0.3) is 0 Å². The molecular formula is C21H29N3O3. The van der Waals surface area contributed by atoms with E-state index in [2.05, 4.69) is 9.55 Å². The number of hydrogen-bond acceptors (Lipinski definition) is 4. The molecule has 0 bridgehead atoms.